The molecule has 2 unspecified atom stereocenters. The molecule has 3 aromatic carbocycles. The molecule has 1 aliphatic rings. The maximum absolute atomic E-state index is 13.7. The van der Waals surface area contributed by atoms with Crippen LogP contribution < -0.4 is 4.72 Å². The number of cyclic esters (lactones) is 1. The Kier molecular flexibility index (Phi) is 8.92. The molecular formula is C33H38FNO5S. The third-order valence-electron chi connectivity index (χ3n) is 7.50. The molecule has 1 heterocycles. The second-order valence-corrected chi connectivity index (χ2v) is 13.5. The van der Waals surface area contributed by atoms with Crippen LogP contribution in [0.1, 0.15) is 70.4 Å². The van der Waals surface area contributed by atoms with E-state index in [0.717, 1.165) is 30.5 Å². The third kappa shape index (κ3) is 7.17. The normalized spacial score (nSPS) is 18.6. The highest BCUT2D eigenvalue weighted by Gasteiger charge is 2.46. The third-order valence-corrected chi connectivity index (χ3v) is 8.90. The lowest BCUT2D eigenvalue weighted by Crippen LogP contribution is -2.43. The number of carbonyl (C=O) groups excluding carboxylic acids is 1. The zero-order valence-electron chi connectivity index (χ0n) is 24.0. The van der Waals surface area contributed by atoms with Gasteiger partial charge < -0.3 is 9.84 Å². The van der Waals surface area contributed by atoms with E-state index in [2.05, 4.69) is 4.72 Å². The van der Waals surface area contributed by atoms with Gasteiger partial charge in [-0.25, -0.2) is 17.6 Å². The number of carbonyl (C=O) groups is 1. The van der Waals surface area contributed by atoms with Crippen LogP contribution in [0, 0.1) is 11.2 Å². The molecule has 0 aliphatic carbocycles. The fourth-order valence-corrected chi connectivity index (χ4v) is 6.73. The van der Waals surface area contributed by atoms with Gasteiger partial charge in [0.15, 0.2) is 0 Å². The van der Waals surface area contributed by atoms with Crippen LogP contribution in [0.4, 0.5) is 10.1 Å². The summed E-state index contributed by atoms with van der Waals surface area (Å²) in [7, 11) is -3.98. The lowest BCUT2D eigenvalue weighted by atomic mass is 9.70. The van der Waals surface area contributed by atoms with Gasteiger partial charge in [0.2, 0.25) is 0 Å². The number of anilines is 1. The summed E-state index contributed by atoms with van der Waals surface area (Å²) in [5.41, 5.74) is 0.954. The molecule has 1 aliphatic heterocycles. The van der Waals surface area contributed by atoms with Gasteiger partial charge in [-0.2, -0.15) is 0 Å². The highest BCUT2D eigenvalue weighted by Crippen LogP contribution is 2.47. The molecule has 0 radical (unpaired) electrons. The molecule has 8 heteroatoms. The Balaban J connectivity index is 1.66. The summed E-state index contributed by atoms with van der Waals surface area (Å²) in [6.45, 7) is 7.92. The molecule has 3 aromatic rings. The van der Waals surface area contributed by atoms with Crippen molar-refractivity contribution >= 4 is 21.7 Å². The maximum atomic E-state index is 13.7. The summed E-state index contributed by atoms with van der Waals surface area (Å²) in [6, 6.07) is 21.3. The van der Waals surface area contributed by atoms with Gasteiger partial charge in [0.05, 0.1) is 10.5 Å². The molecule has 0 bridgehead atoms. The van der Waals surface area contributed by atoms with E-state index in [0.29, 0.717) is 18.4 Å². The van der Waals surface area contributed by atoms with Crippen LogP contribution in [0.5, 0.6) is 0 Å². The van der Waals surface area contributed by atoms with Crippen molar-refractivity contribution < 1.29 is 27.4 Å². The average Bonchev–Trinajstić information content (AvgIpc) is 2.90. The number of hydrogen-bond acceptors (Lipinski definition) is 5. The minimum Gasteiger partial charge on any atom is -0.512 e. The van der Waals surface area contributed by atoms with Crippen molar-refractivity contribution in [3.63, 3.8) is 0 Å². The number of sulfonamides is 1. The number of benzene rings is 3. The molecule has 41 heavy (non-hydrogen) atoms. The standard InChI is InChI=1S/C33H38FNO5S/c1-5-19-33(20-18-23-10-7-6-8-11-23)22-28(36)29(31(37)40-33)30(32(2,3)4)24-12-9-13-26(21-24)35-41(38,39)27-16-14-25(34)15-17-27/h6-17,21,30,35-36H,5,18-20,22H2,1-4H3. The van der Waals surface area contributed by atoms with Gasteiger partial charge in [-0.3, -0.25) is 4.72 Å². The summed E-state index contributed by atoms with van der Waals surface area (Å²) in [5, 5.41) is 11.5. The van der Waals surface area contributed by atoms with Crippen LogP contribution in [0.3, 0.4) is 0 Å². The van der Waals surface area contributed by atoms with Crippen molar-refractivity contribution in [2.24, 2.45) is 5.41 Å². The van der Waals surface area contributed by atoms with E-state index < -0.39 is 38.7 Å². The second-order valence-electron chi connectivity index (χ2n) is 11.8. The number of esters is 1. The van der Waals surface area contributed by atoms with Gasteiger partial charge in [0.1, 0.15) is 17.2 Å². The largest absolute Gasteiger partial charge is 0.512 e. The van der Waals surface area contributed by atoms with Gasteiger partial charge in [0.25, 0.3) is 10.0 Å². The Morgan fingerprint density at radius 3 is 2.29 bits per heavy atom. The Morgan fingerprint density at radius 1 is 1.00 bits per heavy atom. The summed E-state index contributed by atoms with van der Waals surface area (Å²) in [5.74, 6) is -1.64. The van der Waals surface area contributed by atoms with Crippen molar-refractivity contribution in [1.82, 2.24) is 0 Å². The first-order valence-corrected chi connectivity index (χ1v) is 15.4. The fourth-order valence-electron chi connectivity index (χ4n) is 5.68. The predicted octanol–water partition coefficient (Wildman–Crippen LogP) is 7.69. The van der Waals surface area contributed by atoms with Crippen molar-refractivity contribution in [3.05, 3.63) is 107 Å². The van der Waals surface area contributed by atoms with E-state index in [-0.39, 0.29) is 28.3 Å². The van der Waals surface area contributed by atoms with Crippen LogP contribution >= 0.6 is 0 Å². The molecule has 0 spiro atoms. The minimum absolute atomic E-state index is 0.0139. The van der Waals surface area contributed by atoms with Crippen LogP contribution in [0.15, 0.2) is 95.1 Å². The van der Waals surface area contributed by atoms with Gasteiger partial charge >= 0.3 is 5.97 Å². The molecule has 6 nitrogen and oxygen atoms in total. The molecule has 2 N–H and O–H groups in total. The quantitative estimate of drug-likeness (QED) is 0.240. The molecule has 2 atom stereocenters. The Hall–Kier alpha value is -3.65. The van der Waals surface area contributed by atoms with E-state index in [1.165, 1.54) is 12.1 Å². The molecule has 0 fully saturated rings. The van der Waals surface area contributed by atoms with Crippen molar-refractivity contribution in [2.75, 3.05) is 4.72 Å². The number of nitrogens with one attached hydrogen (secondary N) is 1. The summed E-state index contributed by atoms with van der Waals surface area (Å²) >= 11 is 0. The Morgan fingerprint density at radius 2 is 1.68 bits per heavy atom. The van der Waals surface area contributed by atoms with Gasteiger partial charge in [-0.05, 0) is 72.2 Å². The zero-order valence-corrected chi connectivity index (χ0v) is 24.8. The molecule has 0 aromatic heterocycles. The number of ether oxygens (including phenoxy) is 1. The molecule has 218 valence electrons. The summed E-state index contributed by atoms with van der Waals surface area (Å²) in [6.07, 6.45) is 2.95. The van der Waals surface area contributed by atoms with Crippen LogP contribution in [0.2, 0.25) is 0 Å². The topological polar surface area (TPSA) is 92.7 Å². The number of aryl methyl sites for hydroxylation is 1. The molecule has 0 saturated heterocycles. The number of aliphatic hydroxyl groups excluding tert-OH is 1. The lowest BCUT2D eigenvalue weighted by Gasteiger charge is -2.41. The Bertz CT molecular complexity index is 1510. The van der Waals surface area contributed by atoms with Crippen molar-refractivity contribution in [1.29, 1.82) is 0 Å². The van der Waals surface area contributed by atoms with E-state index in [1.54, 1.807) is 18.2 Å². The van der Waals surface area contributed by atoms with Crippen LogP contribution in [-0.2, 0) is 26.0 Å². The highest BCUT2D eigenvalue weighted by atomic mass is 32.2. The van der Waals surface area contributed by atoms with E-state index in [4.69, 9.17) is 4.74 Å². The van der Waals surface area contributed by atoms with E-state index in [1.807, 2.05) is 64.1 Å². The van der Waals surface area contributed by atoms with Crippen LogP contribution in [0.25, 0.3) is 0 Å². The minimum atomic E-state index is -3.98. The number of aliphatic hydroxyl groups is 1. The Labute approximate surface area is 242 Å². The van der Waals surface area contributed by atoms with E-state index >= 15 is 0 Å². The van der Waals surface area contributed by atoms with Gasteiger partial charge in [-0.15, -0.1) is 0 Å². The summed E-state index contributed by atoms with van der Waals surface area (Å²) in [4.78, 5) is 13.6. The van der Waals surface area contributed by atoms with Crippen LogP contribution in [-0.4, -0.2) is 25.1 Å². The lowest BCUT2D eigenvalue weighted by molar-refractivity contribution is -0.161. The molecule has 0 saturated carbocycles. The smallest absolute Gasteiger partial charge is 0.338 e. The SMILES string of the molecule is CCCC1(CCc2ccccc2)CC(O)=C(C(c2cccc(NS(=O)(=O)c3ccc(F)cc3)c2)C(C)(C)C)C(=O)O1. The number of halogens is 1. The molecule has 0 amide bonds. The summed E-state index contributed by atoms with van der Waals surface area (Å²) < 4.78 is 47.9. The molecular weight excluding hydrogens is 541 g/mol. The first kappa shape index (κ1) is 30.3. The zero-order chi connectivity index (χ0) is 29.8. The monoisotopic (exact) mass is 579 g/mol. The fraction of sp³-hybridized carbons (Fsp3) is 0.364. The first-order valence-electron chi connectivity index (χ1n) is 13.9. The molecule has 4 rings (SSSR count). The first-order chi connectivity index (χ1) is 19.3. The second kappa shape index (κ2) is 12.1. The van der Waals surface area contributed by atoms with Gasteiger partial charge in [-0.1, -0.05) is 76.6 Å². The van der Waals surface area contributed by atoms with Crippen molar-refractivity contribution in [2.45, 2.75) is 76.2 Å². The number of rotatable bonds is 10. The van der Waals surface area contributed by atoms with E-state index in [9.17, 15) is 22.7 Å². The van der Waals surface area contributed by atoms with Crippen molar-refractivity contribution in [3.8, 4) is 0 Å². The average molecular weight is 580 g/mol. The maximum Gasteiger partial charge on any atom is 0.338 e. The van der Waals surface area contributed by atoms with Gasteiger partial charge in [0, 0.05) is 18.0 Å². The number of hydrogen-bond donors (Lipinski definition) is 2. The predicted molar refractivity (Wildman–Crippen MR) is 159 cm³/mol. The highest BCUT2D eigenvalue weighted by molar-refractivity contribution is 7.92.